The Bertz CT molecular complexity index is 1010. The summed E-state index contributed by atoms with van der Waals surface area (Å²) in [5.41, 5.74) is 2.34. The summed E-state index contributed by atoms with van der Waals surface area (Å²) < 4.78 is 0. The van der Waals surface area contributed by atoms with E-state index in [4.69, 9.17) is 5.26 Å². The molecule has 3 heterocycles. The van der Waals surface area contributed by atoms with Crippen LogP contribution in [0.15, 0.2) is 30.5 Å². The SMILES string of the molecule is C[C@@H]1CN(c2ccc3nccc(C(=O)NCC(=O)N4CSC[C@H]4C#N)c3c2)C[C@H]1C. The maximum absolute atomic E-state index is 12.9. The van der Waals surface area contributed by atoms with Gasteiger partial charge in [0, 0.05) is 36.1 Å². The highest BCUT2D eigenvalue weighted by molar-refractivity contribution is 7.99. The third-order valence-electron chi connectivity index (χ3n) is 6.07. The zero-order chi connectivity index (χ0) is 21.3. The minimum Gasteiger partial charge on any atom is -0.371 e. The third-order valence-corrected chi connectivity index (χ3v) is 7.09. The minimum absolute atomic E-state index is 0.123. The van der Waals surface area contributed by atoms with Gasteiger partial charge < -0.3 is 15.1 Å². The quantitative estimate of drug-likeness (QED) is 0.813. The van der Waals surface area contributed by atoms with Gasteiger partial charge in [0.05, 0.1) is 29.6 Å². The smallest absolute Gasteiger partial charge is 0.252 e. The van der Waals surface area contributed by atoms with Crippen molar-refractivity contribution in [2.24, 2.45) is 11.8 Å². The number of nitrogens with zero attached hydrogens (tertiary/aromatic N) is 4. The van der Waals surface area contributed by atoms with Crippen LogP contribution in [0.3, 0.4) is 0 Å². The lowest BCUT2D eigenvalue weighted by Gasteiger charge is -2.20. The van der Waals surface area contributed by atoms with Gasteiger partial charge in [0.15, 0.2) is 0 Å². The number of amides is 2. The molecular formula is C22H25N5O2S. The molecule has 7 nitrogen and oxygen atoms in total. The minimum atomic E-state index is -0.422. The van der Waals surface area contributed by atoms with Crippen LogP contribution in [-0.2, 0) is 4.79 Å². The molecule has 2 fully saturated rings. The molecular weight excluding hydrogens is 398 g/mol. The fourth-order valence-corrected chi connectivity index (χ4v) is 5.12. The van der Waals surface area contributed by atoms with Crippen LogP contribution < -0.4 is 10.2 Å². The largest absolute Gasteiger partial charge is 0.371 e. The molecule has 2 aromatic rings. The van der Waals surface area contributed by atoms with E-state index >= 15 is 0 Å². The molecule has 0 spiro atoms. The maximum Gasteiger partial charge on any atom is 0.252 e. The molecule has 1 aromatic heterocycles. The van der Waals surface area contributed by atoms with Crippen molar-refractivity contribution in [3.05, 3.63) is 36.0 Å². The van der Waals surface area contributed by atoms with Gasteiger partial charge in [-0.15, -0.1) is 11.8 Å². The Hall–Kier alpha value is -2.79. The summed E-state index contributed by atoms with van der Waals surface area (Å²) in [6.45, 7) is 6.40. The Kier molecular flexibility index (Phi) is 5.82. The second kappa shape index (κ2) is 8.52. The molecule has 2 amide bonds. The number of benzene rings is 1. The Morgan fingerprint density at radius 1 is 1.27 bits per heavy atom. The van der Waals surface area contributed by atoms with E-state index < -0.39 is 6.04 Å². The standard InChI is InChI=1S/C22H25N5O2S/c1-14-10-26(11-15(14)2)16-3-4-20-19(7-16)18(5-6-24-20)22(29)25-9-21(28)27-13-30-12-17(27)8-23/h3-7,14-15,17H,9-13H2,1-2H3,(H,25,29)/t14-,15-,17-/m1/s1. The third kappa shape index (κ3) is 3.94. The van der Waals surface area contributed by atoms with Crippen molar-refractivity contribution in [2.45, 2.75) is 19.9 Å². The molecule has 30 heavy (non-hydrogen) atoms. The van der Waals surface area contributed by atoms with Gasteiger partial charge in [-0.05, 0) is 36.1 Å². The van der Waals surface area contributed by atoms with E-state index in [1.54, 1.807) is 24.0 Å². The molecule has 156 valence electrons. The molecule has 8 heteroatoms. The number of carbonyl (C=O) groups excluding carboxylic acids is 2. The molecule has 1 aromatic carbocycles. The van der Waals surface area contributed by atoms with Crippen LogP contribution in [0.5, 0.6) is 0 Å². The van der Waals surface area contributed by atoms with E-state index in [2.05, 4.69) is 41.2 Å². The zero-order valence-electron chi connectivity index (χ0n) is 17.2. The molecule has 0 saturated carbocycles. The van der Waals surface area contributed by atoms with E-state index in [9.17, 15) is 9.59 Å². The van der Waals surface area contributed by atoms with Crippen molar-refractivity contribution in [3.8, 4) is 6.07 Å². The lowest BCUT2D eigenvalue weighted by molar-refractivity contribution is -0.129. The molecule has 1 N–H and O–H groups in total. The van der Waals surface area contributed by atoms with E-state index in [-0.39, 0.29) is 18.4 Å². The summed E-state index contributed by atoms with van der Waals surface area (Å²) in [5, 5.41) is 12.7. The number of aromatic nitrogens is 1. The number of nitrogens with one attached hydrogen (secondary N) is 1. The predicted octanol–water partition coefficient (Wildman–Crippen LogP) is 2.48. The zero-order valence-corrected chi connectivity index (χ0v) is 18.0. The fourth-order valence-electron chi connectivity index (χ4n) is 4.02. The normalized spacial score (nSPS) is 23.6. The van der Waals surface area contributed by atoms with Crippen LogP contribution >= 0.6 is 11.8 Å². The molecule has 0 unspecified atom stereocenters. The second-order valence-corrected chi connectivity index (χ2v) is 9.11. The molecule has 4 rings (SSSR count). The first kappa shape index (κ1) is 20.5. The van der Waals surface area contributed by atoms with Gasteiger partial charge in [-0.25, -0.2) is 0 Å². The van der Waals surface area contributed by atoms with Crippen LogP contribution in [0.2, 0.25) is 0 Å². The molecule has 2 aliphatic rings. The summed E-state index contributed by atoms with van der Waals surface area (Å²) in [5.74, 6) is 1.81. The van der Waals surface area contributed by atoms with Crippen LogP contribution in [0.1, 0.15) is 24.2 Å². The summed E-state index contributed by atoms with van der Waals surface area (Å²) in [6.07, 6.45) is 1.61. The van der Waals surface area contributed by atoms with Crippen LogP contribution in [0, 0.1) is 23.2 Å². The first-order valence-electron chi connectivity index (χ1n) is 10.2. The highest BCUT2D eigenvalue weighted by Crippen LogP contribution is 2.30. The van der Waals surface area contributed by atoms with Gasteiger partial charge >= 0.3 is 0 Å². The predicted molar refractivity (Wildman–Crippen MR) is 118 cm³/mol. The molecule has 0 bridgehead atoms. The van der Waals surface area contributed by atoms with E-state index in [1.165, 1.54) is 4.90 Å². The molecule has 3 atom stereocenters. The van der Waals surface area contributed by atoms with Gasteiger partial charge in [-0.3, -0.25) is 14.6 Å². The number of anilines is 1. The van der Waals surface area contributed by atoms with Gasteiger partial charge in [0.25, 0.3) is 5.91 Å². The average Bonchev–Trinajstić information content (AvgIpc) is 3.37. The topological polar surface area (TPSA) is 89.3 Å². The number of fused-ring (bicyclic) bond motifs is 1. The molecule has 2 aliphatic heterocycles. The van der Waals surface area contributed by atoms with Crippen molar-refractivity contribution in [1.29, 1.82) is 5.26 Å². The van der Waals surface area contributed by atoms with Crippen molar-refractivity contribution in [2.75, 3.05) is 36.2 Å². The van der Waals surface area contributed by atoms with Crippen LogP contribution in [-0.4, -0.2) is 59.0 Å². The number of hydrogen-bond donors (Lipinski definition) is 1. The van der Waals surface area contributed by atoms with Crippen molar-refractivity contribution < 1.29 is 9.59 Å². The Balaban J connectivity index is 1.51. The van der Waals surface area contributed by atoms with Crippen molar-refractivity contribution in [1.82, 2.24) is 15.2 Å². The van der Waals surface area contributed by atoms with Crippen molar-refractivity contribution >= 4 is 40.2 Å². The molecule has 0 aliphatic carbocycles. The Morgan fingerprint density at radius 2 is 2.03 bits per heavy atom. The van der Waals surface area contributed by atoms with E-state index in [0.29, 0.717) is 29.0 Å². The monoisotopic (exact) mass is 423 g/mol. The van der Waals surface area contributed by atoms with E-state index in [1.807, 2.05) is 12.1 Å². The number of rotatable bonds is 4. The lowest BCUT2D eigenvalue weighted by Crippen LogP contribution is -2.42. The maximum atomic E-state index is 12.9. The average molecular weight is 424 g/mol. The highest BCUT2D eigenvalue weighted by Gasteiger charge is 2.29. The first-order chi connectivity index (χ1) is 14.5. The summed E-state index contributed by atoms with van der Waals surface area (Å²) in [7, 11) is 0. The van der Waals surface area contributed by atoms with Gasteiger partial charge in [-0.1, -0.05) is 13.8 Å². The molecule has 0 radical (unpaired) electrons. The number of thioether (sulfide) groups is 1. The van der Waals surface area contributed by atoms with Crippen LogP contribution in [0.4, 0.5) is 5.69 Å². The number of pyridine rings is 1. The summed E-state index contributed by atoms with van der Waals surface area (Å²) >= 11 is 1.55. The first-order valence-corrected chi connectivity index (χ1v) is 11.3. The Labute approximate surface area is 180 Å². The summed E-state index contributed by atoms with van der Waals surface area (Å²) in [6, 6.07) is 9.42. The van der Waals surface area contributed by atoms with Gasteiger partial charge in [0.2, 0.25) is 5.91 Å². The van der Waals surface area contributed by atoms with Gasteiger partial charge in [0.1, 0.15) is 6.04 Å². The van der Waals surface area contributed by atoms with Gasteiger partial charge in [-0.2, -0.15) is 5.26 Å². The number of carbonyl (C=O) groups is 2. The fraction of sp³-hybridized carbons (Fsp3) is 0.455. The highest BCUT2D eigenvalue weighted by atomic mass is 32.2. The number of hydrogen-bond acceptors (Lipinski definition) is 6. The summed E-state index contributed by atoms with van der Waals surface area (Å²) in [4.78, 5) is 33.6. The van der Waals surface area contributed by atoms with E-state index in [0.717, 1.165) is 29.7 Å². The lowest BCUT2D eigenvalue weighted by atomic mass is 10.0. The number of nitriles is 1. The Morgan fingerprint density at radius 3 is 2.77 bits per heavy atom. The second-order valence-electron chi connectivity index (χ2n) is 8.11. The molecule has 2 saturated heterocycles. The van der Waals surface area contributed by atoms with Crippen molar-refractivity contribution in [3.63, 3.8) is 0 Å². The van der Waals surface area contributed by atoms with Crippen LogP contribution in [0.25, 0.3) is 10.9 Å².